The first-order valence-corrected chi connectivity index (χ1v) is 4.87. The molecule has 0 bridgehead atoms. The van der Waals surface area contributed by atoms with Crippen LogP contribution in [-0.2, 0) is 4.74 Å². The van der Waals surface area contributed by atoms with Crippen LogP contribution in [0.5, 0.6) is 0 Å². The molecule has 0 aliphatic carbocycles. The normalized spacial score (nSPS) is 9.50. The number of thiazole rings is 1. The number of thiocarbonyl (C=S) groups is 1. The first-order chi connectivity index (χ1) is 5.72. The highest BCUT2D eigenvalue weighted by atomic mass is 32.1. The van der Waals surface area contributed by atoms with E-state index < -0.39 is 0 Å². The number of nitrogens with zero attached hydrogens (tertiary/aromatic N) is 1. The van der Waals surface area contributed by atoms with Crippen molar-refractivity contribution in [3.05, 3.63) is 11.1 Å². The fourth-order valence-electron chi connectivity index (χ4n) is 0.666. The zero-order valence-electron chi connectivity index (χ0n) is 6.96. The monoisotopic (exact) mass is 202 g/mol. The molecule has 0 saturated heterocycles. The molecule has 1 N–H and O–H groups in total. The lowest BCUT2D eigenvalue weighted by molar-refractivity contribution is 0.335. The van der Waals surface area contributed by atoms with Crippen LogP contribution in [0.15, 0.2) is 5.38 Å². The van der Waals surface area contributed by atoms with Crippen molar-refractivity contribution < 1.29 is 4.74 Å². The predicted molar refractivity (Wildman–Crippen MR) is 54.7 cm³/mol. The molecule has 1 heterocycles. The molecule has 0 aliphatic rings. The molecule has 0 unspecified atom stereocenters. The number of anilines is 1. The SMILES string of the molecule is CCOC(=S)Nc1nc(C)cs1. The van der Waals surface area contributed by atoms with Gasteiger partial charge in [-0.1, -0.05) is 0 Å². The average molecular weight is 202 g/mol. The summed E-state index contributed by atoms with van der Waals surface area (Å²) in [4.78, 5) is 4.17. The Morgan fingerprint density at radius 3 is 3.08 bits per heavy atom. The third-order valence-corrected chi connectivity index (χ3v) is 2.20. The van der Waals surface area contributed by atoms with Crippen molar-refractivity contribution in [2.45, 2.75) is 13.8 Å². The van der Waals surface area contributed by atoms with Crippen molar-refractivity contribution >= 4 is 33.9 Å². The van der Waals surface area contributed by atoms with Crippen molar-refractivity contribution in [1.29, 1.82) is 0 Å². The lowest BCUT2D eigenvalue weighted by atomic mass is 10.6. The van der Waals surface area contributed by atoms with E-state index >= 15 is 0 Å². The van der Waals surface area contributed by atoms with E-state index in [0.717, 1.165) is 10.8 Å². The summed E-state index contributed by atoms with van der Waals surface area (Å²) in [5.74, 6) is 0. The van der Waals surface area contributed by atoms with Crippen LogP contribution in [0, 0.1) is 6.92 Å². The molecule has 0 radical (unpaired) electrons. The summed E-state index contributed by atoms with van der Waals surface area (Å²) in [7, 11) is 0. The fourth-order valence-corrected chi connectivity index (χ4v) is 1.63. The predicted octanol–water partition coefficient (Wildman–Crippen LogP) is 2.18. The van der Waals surface area contributed by atoms with Gasteiger partial charge in [0.2, 0.25) is 0 Å². The van der Waals surface area contributed by atoms with Gasteiger partial charge in [0.05, 0.1) is 12.3 Å². The van der Waals surface area contributed by atoms with Crippen LogP contribution < -0.4 is 5.32 Å². The Morgan fingerprint density at radius 2 is 2.58 bits per heavy atom. The molecule has 0 atom stereocenters. The summed E-state index contributed by atoms with van der Waals surface area (Å²) >= 11 is 6.39. The Labute approximate surface area is 80.8 Å². The summed E-state index contributed by atoms with van der Waals surface area (Å²) < 4.78 is 5.04. The molecule has 12 heavy (non-hydrogen) atoms. The van der Waals surface area contributed by atoms with Crippen LogP contribution in [0.1, 0.15) is 12.6 Å². The molecule has 1 rings (SSSR count). The van der Waals surface area contributed by atoms with Crippen LogP contribution in [0.4, 0.5) is 5.13 Å². The summed E-state index contributed by atoms with van der Waals surface area (Å²) in [6.45, 7) is 4.41. The lowest BCUT2D eigenvalue weighted by Crippen LogP contribution is -2.12. The van der Waals surface area contributed by atoms with E-state index in [1.165, 1.54) is 11.3 Å². The van der Waals surface area contributed by atoms with Crippen LogP contribution in [0.2, 0.25) is 0 Å². The summed E-state index contributed by atoms with van der Waals surface area (Å²) in [5, 5.41) is 6.00. The summed E-state index contributed by atoms with van der Waals surface area (Å²) in [6, 6.07) is 0. The number of ether oxygens (including phenoxy) is 1. The number of aromatic nitrogens is 1. The van der Waals surface area contributed by atoms with Gasteiger partial charge >= 0.3 is 0 Å². The Kier molecular flexibility index (Phi) is 3.43. The number of rotatable bonds is 2. The van der Waals surface area contributed by atoms with E-state index in [1.54, 1.807) is 0 Å². The largest absolute Gasteiger partial charge is 0.471 e. The Hall–Kier alpha value is -0.680. The quantitative estimate of drug-likeness (QED) is 0.745. The molecule has 0 aliphatic heterocycles. The van der Waals surface area contributed by atoms with Gasteiger partial charge in [-0.15, -0.1) is 11.3 Å². The Balaban J connectivity index is 2.46. The van der Waals surface area contributed by atoms with Crippen molar-refractivity contribution in [2.75, 3.05) is 11.9 Å². The molecule has 1 aromatic heterocycles. The van der Waals surface area contributed by atoms with Gasteiger partial charge in [0.1, 0.15) is 0 Å². The highest BCUT2D eigenvalue weighted by molar-refractivity contribution is 7.80. The van der Waals surface area contributed by atoms with Crippen molar-refractivity contribution in [2.24, 2.45) is 0 Å². The van der Waals surface area contributed by atoms with Crippen LogP contribution in [-0.4, -0.2) is 16.8 Å². The fraction of sp³-hybridized carbons (Fsp3) is 0.429. The molecule has 66 valence electrons. The molecule has 0 aromatic carbocycles. The van der Waals surface area contributed by atoms with Crippen molar-refractivity contribution in [3.8, 4) is 0 Å². The minimum absolute atomic E-state index is 0.381. The standard InChI is InChI=1S/C7H10N2OS2/c1-3-10-7(11)9-6-8-5(2)4-12-6/h4H,3H2,1-2H3,(H,8,9,11). The third-order valence-electron chi connectivity index (χ3n) is 1.10. The Morgan fingerprint density at radius 1 is 1.83 bits per heavy atom. The maximum absolute atomic E-state index is 5.04. The number of hydrogen-bond acceptors (Lipinski definition) is 4. The molecule has 3 nitrogen and oxygen atoms in total. The van der Waals surface area contributed by atoms with E-state index in [9.17, 15) is 0 Å². The molecular weight excluding hydrogens is 192 g/mol. The number of hydrogen-bond donors (Lipinski definition) is 1. The van der Waals surface area contributed by atoms with Gasteiger partial charge in [0.15, 0.2) is 5.13 Å². The van der Waals surface area contributed by atoms with Gasteiger partial charge in [-0.05, 0) is 26.1 Å². The van der Waals surface area contributed by atoms with Crippen LogP contribution in [0.25, 0.3) is 0 Å². The topological polar surface area (TPSA) is 34.1 Å². The molecule has 0 saturated carbocycles. The number of nitrogens with one attached hydrogen (secondary N) is 1. The van der Waals surface area contributed by atoms with Gasteiger partial charge in [-0.25, -0.2) is 4.98 Å². The van der Waals surface area contributed by atoms with Gasteiger partial charge < -0.3 is 4.74 Å². The highest BCUT2D eigenvalue weighted by Gasteiger charge is 2.00. The molecular formula is C7H10N2OS2. The molecule has 0 amide bonds. The summed E-state index contributed by atoms with van der Waals surface area (Å²) in [6.07, 6.45) is 0. The van der Waals surface area contributed by atoms with E-state index in [-0.39, 0.29) is 0 Å². The Bertz CT molecular complexity index is 272. The molecule has 0 spiro atoms. The van der Waals surface area contributed by atoms with Gasteiger partial charge in [0, 0.05) is 5.38 Å². The third kappa shape index (κ3) is 2.75. The first kappa shape index (κ1) is 9.41. The minimum atomic E-state index is 0.381. The average Bonchev–Trinajstić information content (AvgIpc) is 2.36. The maximum atomic E-state index is 5.04. The first-order valence-electron chi connectivity index (χ1n) is 3.58. The van der Waals surface area contributed by atoms with Gasteiger partial charge in [-0.3, -0.25) is 5.32 Å². The van der Waals surface area contributed by atoms with Crippen molar-refractivity contribution in [1.82, 2.24) is 4.98 Å². The minimum Gasteiger partial charge on any atom is -0.471 e. The zero-order chi connectivity index (χ0) is 8.97. The second kappa shape index (κ2) is 4.37. The van der Waals surface area contributed by atoms with Crippen molar-refractivity contribution in [3.63, 3.8) is 0 Å². The molecule has 5 heteroatoms. The second-order valence-electron chi connectivity index (χ2n) is 2.14. The maximum Gasteiger partial charge on any atom is 0.262 e. The lowest BCUT2D eigenvalue weighted by Gasteiger charge is -2.03. The van der Waals surface area contributed by atoms with Gasteiger partial charge in [0.25, 0.3) is 5.17 Å². The zero-order valence-corrected chi connectivity index (χ0v) is 8.59. The van der Waals surface area contributed by atoms with E-state index in [1.807, 2.05) is 19.2 Å². The van der Waals surface area contributed by atoms with E-state index in [2.05, 4.69) is 10.3 Å². The summed E-state index contributed by atoms with van der Waals surface area (Å²) in [5.41, 5.74) is 0.988. The second-order valence-corrected chi connectivity index (χ2v) is 3.37. The van der Waals surface area contributed by atoms with E-state index in [4.69, 9.17) is 17.0 Å². The molecule has 0 fully saturated rings. The number of aryl methyl sites for hydroxylation is 1. The molecule has 1 aromatic rings. The van der Waals surface area contributed by atoms with Gasteiger partial charge in [-0.2, -0.15) is 0 Å². The highest BCUT2D eigenvalue weighted by Crippen LogP contribution is 2.14. The van der Waals surface area contributed by atoms with Crippen LogP contribution in [0.3, 0.4) is 0 Å². The van der Waals surface area contributed by atoms with E-state index in [0.29, 0.717) is 11.8 Å². The smallest absolute Gasteiger partial charge is 0.262 e. The van der Waals surface area contributed by atoms with Crippen LogP contribution >= 0.6 is 23.6 Å².